The average Bonchev–Trinajstić information content (AvgIpc) is 2.42. The molecule has 1 amide bonds. The Kier molecular flexibility index (Phi) is 5.14. The summed E-state index contributed by atoms with van der Waals surface area (Å²) >= 11 is 0. The Morgan fingerprint density at radius 1 is 1.24 bits per heavy atom. The van der Waals surface area contributed by atoms with E-state index in [1.54, 1.807) is 24.3 Å². The summed E-state index contributed by atoms with van der Waals surface area (Å²) in [7, 11) is 2.35. The summed E-state index contributed by atoms with van der Waals surface area (Å²) in [4.78, 5) is 11.6. The van der Waals surface area contributed by atoms with Gasteiger partial charge in [0, 0.05) is 13.6 Å². The summed E-state index contributed by atoms with van der Waals surface area (Å²) in [5.41, 5.74) is 0.657. The minimum atomic E-state index is -5.89. The van der Waals surface area contributed by atoms with Crippen LogP contribution in [0.15, 0.2) is 24.3 Å². The van der Waals surface area contributed by atoms with Gasteiger partial charge in [-0.2, -0.15) is 22.0 Å². The standard InChI is InChI=1S/C13H14F5NO2/c1-19(11(20)12(14,15)13(16,17)18)7-6-9-4-3-5-10(8-9)21-2/h3-5,8H,6-7H2,1-2H3. The minimum Gasteiger partial charge on any atom is -0.497 e. The topological polar surface area (TPSA) is 29.5 Å². The Balaban J connectivity index is 2.69. The van der Waals surface area contributed by atoms with Crippen LogP contribution in [0.5, 0.6) is 5.75 Å². The molecule has 8 heteroatoms. The van der Waals surface area contributed by atoms with Crippen molar-refractivity contribution in [3.63, 3.8) is 0 Å². The fraction of sp³-hybridized carbons (Fsp3) is 0.462. The van der Waals surface area contributed by atoms with E-state index in [2.05, 4.69) is 0 Å². The Hall–Kier alpha value is -1.86. The lowest BCUT2D eigenvalue weighted by Gasteiger charge is -2.24. The number of nitrogens with zero attached hydrogens (tertiary/aromatic N) is 1. The number of rotatable bonds is 5. The number of carbonyl (C=O) groups excluding carboxylic acids is 1. The second-order valence-corrected chi connectivity index (χ2v) is 4.40. The van der Waals surface area contributed by atoms with Crippen LogP contribution in [0.2, 0.25) is 0 Å². The van der Waals surface area contributed by atoms with Crippen molar-refractivity contribution in [2.24, 2.45) is 0 Å². The number of carbonyl (C=O) groups is 1. The maximum atomic E-state index is 12.9. The molecule has 0 atom stereocenters. The molecule has 0 bridgehead atoms. The molecule has 21 heavy (non-hydrogen) atoms. The predicted octanol–water partition coefficient (Wildman–Crippen LogP) is 2.89. The second kappa shape index (κ2) is 6.28. The highest BCUT2D eigenvalue weighted by Crippen LogP contribution is 2.36. The summed E-state index contributed by atoms with van der Waals surface area (Å²) in [5, 5.41) is 0. The number of benzene rings is 1. The van der Waals surface area contributed by atoms with Gasteiger partial charge < -0.3 is 9.64 Å². The van der Waals surface area contributed by atoms with Crippen molar-refractivity contribution >= 4 is 5.91 Å². The Labute approximate surface area is 118 Å². The van der Waals surface area contributed by atoms with Gasteiger partial charge in [-0.15, -0.1) is 0 Å². The zero-order valence-corrected chi connectivity index (χ0v) is 11.4. The lowest BCUT2D eigenvalue weighted by molar-refractivity contribution is -0.273. The fourth-order valence-corrected chi connectivity index (χ4v) is 1.59. The van der Waals surface area contributed by atoms with Crippen LogP contribution in [0.1, 0.15) is 5.56 Å². The van der Waals surface area contributed by atoms with Crippen molar-refractivity contribution in [2.45, 2.75) is 18.5 Å². The van der Waals surface area contributed by atoms with Crippen molar-refractivity contribution in [2.75, 3.05) is 20.7 Å². The van der Waals surface area contributed by atoms with Crippen molar-refractivity contribution in [3.8, 4) is 5.75 Å². The highest BCUT2D eigenvalue weighted by atomic mass is 19.4. The quantitative estimate of drug-likeness (QED) is 0.783. The van der Waals surface area contributed by atoms with E-state index < -0.39 is 18.0 Å². The van der Waals surface area contributed by atoms with Crippen LogP contribution in [0, 0.1) is 0 Å². The first-order chi connectivity index (χ1) is 9.59. The number of hydrogen-bond donors (Lipinski definition) is 0. The van der Waals surface area contributed by atoms with Gasteiger partial charge in [-0.1, -0.05) is 12.1 Å². The maximum absolute atomic E-state index is 12.9. The van der Waals surface area contributed by atoms with Gasteiger partial charge >= 0.3 is 18.0 Å². The van der Waals surface area contributed by atoms with Gasteiger partial charge in [0.05, 0.1) is 7.11 Å². The molecule has 1 aromatic rings. The third-order valence-electron chi connectivity index (χ3n) is 2.84. The highest BCUT2D eigenvalue weighted by Gasteiger charge is 2.64. The third kappa shape index (κ3) is 4.05. The molecule has 0 saturated heterocycles. The molecule has 0 unspecified atom stereocenters. The zero-order valence-electron chi connectivity index (χ0n) is 11.4. The smallest absolute Gasteiger partial charge is 0.463 e. The van der Waals surface area contributed by atoms with Crippen LogP contribution in [0.25, 0.3) is 0 Å². The maximum Gasteiger partial charge on any atom is 0.463 e. The molecule has 1 aromatic carbocycles. The summed E-state index contributed by atoms with van der Waals surface area (Å²) in [6.07, 6.45) is -5.76. The van der Waals surface area contributed by atoms with Crippen LogP contribution >= 0.6 is 0 Å². The van der Waals surface area contributed by atoms with Crippen molar-refractivity contribution in [3.05, 3.63) is 29.8 Å². The van der Waals surface area contributed by atoms with Gasteiger partial charge in [0.1, 0.15) is 5.75 Å². The van der Waals surface area contributed by atoms with E-state index in [0.717, 1.165) is 7.05 Å². The summed E-state index contributed by atoms with van der Waals surface area (Å²) in [6.45, 7) is -0.266. The van der Waals surface area contributed by atoms with Crippen LogP contribution < -0.4 is 4.74 Å². The van der Waals surface area contributed by atoms with Gasteiger partial charge in [0.25, 0.3) is 0 Å². The Bertz CT molecular complexity index is 502. The molecule has 0 heterocycles. The van der Waals surface area contributed by atoms with E-state index in [4.69, 9.17) is 4.74 Å². The summed E-state index contributed by atoms with van der Waals surface area (Å²) < 4.78 is 67.0. The van der Waals surface area contributed by atoms with E-state index in [-0.39, 0.29) is 13.0 Å². The van der Waals surface area contributed by atoms with Gasteiger partial charge in [0.15, 0.2) is 0 Å². The monoisotopic (exact) mass is 311 g/mol. The van der Waals surface area contributed by atoms with Gasteiger partial charge in [0.2, 0.25) is 0 Å². The first-order valence-electron chi connectivity index (χ1n) is 5.92. The van der Waals surface area contributed by atoms with Crippen molar-refractivity contribution in [1.29, 1.82) is 0 Å². The van der Waals surface area contributed by atoms with Gasteiger partial charge in [-0.3, -0.25) is 4.79 Å². The molecule has 0 fully saturated rings. The molecule has 0 N–H and O–H groups in total. The van der Waals surface area contributed by atoms with E-state index in [9.17, 15) is 26.7 Å². The van der Waals surface area contributed by atoms with Gasteiger partial charge in [-0.25, -0.2) is 0 Å². The number of halogens is 5. The Morgan fingerprint density at radius 2 is 1.86 bits per heavy atom. The lowest BCUT2D eigenvalue weighted by atomic mass is 10.1. The van der Waals surface area contributed by atoms with Crippen molar-refractivity contribution < 1.29 is 31.5 Å². The molecule has 0 aliphatic carbocycles. The lowest BCUT2D eigenvalue weighted by Crippen LogP contribution is -2.51. The van der Waals surface area contributed by atoms with E-state index in [0.29, 0.717) is 16.2 Å². The number of methoxy groups -OCH3 is 1. The predicted molar refractivity (Wildman–Crippen MR) is 65.3 cm³/mol. The molecular weight excluding hydrogens is 297 g/mol. The first kappa shape index (κ1) is 17.2. The fourth-order valence-electron chi connectivity index (χ4n) is 1.59. The molecule has 118 valence electrons. The molecule has 0 saturated carbocycles. The SMILES string of the molecule is COc1cccc(CCN(C)C(=O)C(F)(F)C(F)(F)F)c1. The molecule has 0 aliphatic rings. The largest absolute Gasteiger partial charge is 0.497 e. The number of alkyl halides is 5. The molecule has 3 nitrogen and oxygen atoms in total. The van der Waals surface area contributed by atoms with Crippen molar-refractivity contribution in [1.82, 2.24) is 4.90 Å². The first-order valence-corrected chi connectivity index (χ1v) is 5.92. The van der Waals surface area contributed by atoms with Crippen LogP contribution in [-0.2, 0) is 11.2 Å². The molecule has 1 rings (SSSR count). The average molecular weight is 311 g/mol. The van der Waals surface area contributed by atoms with Crippen LogP contribution in [-0.4, -0.2) is 43.6 Å². The Morgan fingerprint density at radius 3 is 2.38 bits per heavy atom. The van der Waals surface area contributed by atoms with E-state index in [1.165, 1.54) is 7.11 Å². The van der Waals surface area contributed by atoms with E-state index in [1.807, 2.05) is 0 Å². The summed E-state index contributed by atoms with van der Waals surface area (Å²) in [6, 6.07) is 6.58. The van der Waals surface area contributed by atoms with Crippen LogP contribution in [0.4, 0.5) is 22.0 Å². The molecule has 0 radical (unpaired) electrons. The minimum absolute atomic E-state index is 0.132. The zero-order chi connectivity index (χ0) is 16.3. The molecule has 0 spiro atoms. The third-order valence-corrected chi connectivity index (χ3v) is 2.84. The van der Waals surface area contributed by atoms with Crippen LogP contribution in [0.3, 0.4) is 0 Å². The normalized spacial score (nSPS) is 12.1. The summed E-state index contributed by atoms with van der Waals surface area (Å²) in [5.74, 6) is -7.11. The number of ether oxygens (including phenoxy) is 1. The number of likely N-dealkylation sites (N-methyl/N-ethyl adjacent to an activating group) is 1. The molecular formula is C13H14F5NO2. The highest BCUT2D eigenvalue weighted by molar-refractivity contribution is 5.84. The number of amides is 1. The number of hydrogen-bond acceptors (Lipinski definition) is 2. The van der Waals surface area contributed by atoms with E-state index >= 15 is 0 Å². The second-order valence-electron chi connectivity index (χ2n) is 4.40. The molecule has 0 aromatic heterocycles. The molecule has 0 aliphatic heterocycles. The van der Waals surface area contributed by atoms with Gasteiger partial charge in [-0.05, 0) is 24.1 Å².